The van der Waals surface area contributed by atoms with Gasteiger partial charge in [-0.15, -0.1) is 0 Å². The Morgan fingerprint density at radius 1 is 1.07 bits per heavy atom. The van der Waals surface area contributed by atoms with Crippen LogP contribution in [-0.4, -0.2) is 34.0 Å². The van der Waals surface area contributed by atoms with E-state index in [1.807, 2.05) is 30.3 Å². The van der Waals surface area contributed by atoms with Crippen molar-refractivity contribution in [3.63, 3.8) is 0 Å². The fourth-order valence-electron chi connectivity index (χ4n) is 2.69. The lowest BCUT2D eigenvalue weighted by molar-refractivity contribution is 0.102. The van der Waals surface area contributed by atoms with Crippen LogP contribution in [0.25, 0.3) is 0 Å². The minimum atomic E-state index is -1.05. The summed E-state index contributed by atoms with van der Waals surface area (Å²) in [7, 11) is 1.47. The minimum Gasteiger partial charge on any atom is -0.488 e. The number of nitrogens with one attached hydrogen (secondary N) is 1. The van der Waals surface area contributed by atoms with Crippen LogP contribution in [0.5, 0.6) is 5.75 Å². The van der Waals surface area contributed by atoms with E-state index >= 15 is 0 Å². The molecule has 7 heteroatoms. The molecule has 7 nitrogen and oxygen atoms in total. The number of hydrogen-bond acceptors (Lipinski definition) is 4. The van der Waals surface area contributed by atoms with E-state index in [2.05, 4.69) is 10.3 Å². The number of benzene rings is 2. The fraction of sp³-hybridized carbons (Fsp3) is 0.136. The zero-order chi connectivity index (χ0) is 20.6. The van der Waals surface area contributed by atoms with Gasteiger partial charge in [0.25, 0.3) is 5.91 Å². The van der Waals surface area contributed by atoms with Crippen molar-refractivity contribution in [2.75, 3.05) is 12.4 Å². The second-order valence-electron chi connectivity index (χ2n) is 6.44. The summed E-state index contributed by atoms with van der Waals surface area (Å²) in [6, 6.07) is 18.2. The quantitative estimate of drug-likeness (QED) is 0.635. The highest BCUT2D eigenvalue weighted by Gasteiger charge is 2.16. The zero-order valence-corrected chi connectivity index (χ0v) is 15.9. The molecule has 0 aliphatic carbocycles. The number of ether oxygens (including phenoxy) is 1. The van der Waals surface area contributed by atoms with Gasteiger partial charge < -0.3 is 20.1 Å². The second kappa shape index (κ2) is 9.36. The first-order chi connectivity index (χ1) is 14.0. The number of rotatable bonds is 7. The van der Waals surface area contributed by atoms with Crippen LogP contribution in [0.3, 0.4) is 0 Å². The van der Waals surface area contributed by atoms with Gasteiger partial charge in [-0.3, -0.25) is 9.78 Å². The van der Waals surface area contributed by atoms with Crippen LogP contribution in [0, 0.1) is 0 Å². The third-order valence-electron chi connectivity index (χ3n) is 4.19. The van der Waals surface area contributed by atoms with E-state index < -0.39 is 6.09 Å². The van der Waals surface area contributed by atoms with Gasteiger partial charge in [-0.25, -0.2) is 4.79 Å². The third-order valence-corrected chi connectivity index (χ3v) is 4.19. The van der Waals surface area contributed by atoms with Crippen molar-refractivity contribution in [3.8, 4) is 5.75 Å². The summed E-state index contributed by atoms with van der Waals surface area (Å²) in [5.41, 5.74) is 2.53. The van der Waals surface area contributed by atoms with Gasteiger partial charge >= 0.3 is 6.09 Å². The van der Waals surface area contributed by atoms with Crippen molar-refractivity contribution >= 4 is 17.7 Å². The first kappa shape index (κ1) is 19.9. The SMILES string of the molecule is CN(Cc1ccc(OCc2ccccc2)c(C(=O)Nc2cccnc2)c1)C(=O)O. The summed E-state index contributed by atoms with van der Waals surface area (Å²) >= 11 is 0. The molecule has 0 unspecified atom stereocenters. The van der Waals surface area contributed by atoms with E-state index in [1.54, 1.807) is 42.7 Å². The lowest BCUT2D eigenvalue weighted by atomic mass is 10.1. The lowest BCUT2D eigenvalue weighted by Crippen LogP contribution is -2.24. The van der Waals surface area contributed by atoms with E-state index in [-0.39, 0.29) is 12.5 Å². The van der Waals surface area contributed by atoms with Crippen molar-refractivity contribution in [3.05, 3.63) is 89.7 Å². The molecule has 0 aliphatic rings. The van der Waals surface area contributed by atoms with E-state index in [9.17, 15) is 9.59 Å². The van der Waals surface area contributed by atoms with Crippen molar-refractivity contribution in [1.29, 1.82) is 0 Å². The Kier molecular flexibility index (Phi) is 6.42. The topological polar surface area (TPSA) is 91.8 Å². The molecule has 148 valence electrons. The van der Waals surface area contributed by atoms with Crippen molar-refractivity contribution in [1.82, 2.24) is 9.88 Å². The van der Waals surface area contributed by atoms with Crippen LogP contribution in [0.2, 0.25) is 0 Å². The second-order valence-corrected chi connectivity index (χ2v) is 6.44. The average molecular weight is 391 g/mol. The molecule has 3 rings (SSSR count). The highest BCUT2D eigenvalue weighted by molar-refractivity contribution is 6.06. The van der Waals surface area contributed by atoms with Crippen molar-refractivity contribution in [2.45, 2.75) is 13.2 Å². The summed E-state index contributed by atoms with van der Waals surface area (Å²) < 4.78 is 5.88. The Bertz CT molecular complexity index is 978. The Morgan fingerprint density at radius 3 is 2.55 bits per heavy atom. The van der Waals surface area contributed by atoms with Crippen LogP contribution in [-0.2, 0) is 13.2 Å². The number of amides is 2. The molecule has 0 aliphatic heterocycles. The first-order valence-electron chi connectivity index (χ1n) is 8.98. The van der Waals surface area contributed by atoms with Crippen molar-refractivity contribution < 1.29 is 19.4 Å². The first-order valence-corrected chi connectivity index (χ1v) is 8.98. The van der Waals surface area contributed by atoms with Gasteiger partial charge in [0.1, 0.15) is 12.4 Å². The molecule has 2 amide bonds. The zero-order valence-electron chi connectivity index (χ0n) is 15.9. The molecule has 29 heavy (non-hydrogen) atoms. The van der Waals surface area contributed by atoms with Crippen LogP contribution in [0.15, 0.2) is 73.1 Å². The van der Waals surface area contributed by atoms with Gasteiger partial charge in [0, 0.05) is 19.8 Å². The van der Waals surface area contributed by atoms with Crippen LogP contribution < -0.4 is 10.1 Å². The smallest absolute Gasteiger partial charge is 0.407 e. The van der Waals surface area contributed by atoms with Gasteiger partial charge in [0.05, 0.1) is 17.4 Å². The molecule has 1 aromatic heterocycles. The number of nitrogens with zero attached hydrogens (tertiary/aromatic N) is 2. The number of aromatic nitrogens is 1. The molecule has 0 saturated heterocycles. The molecular weight excluding hydrogens is 370 g/mol. The molecular formula is C22H21N3O4. The molecule has 2 aromatic carbocycles. The average Bonchev–Trinajstić information content (AvgIpc) is 2.74. The Labute approximate surface area is 168 Å². The van der Waals surface area contributed by atoms with Gasteiger partial charge in [0.15, 0.2) is 0 Å². The van der Waals surface area contributed by atoms with E-state index in [4.69, 9.17) is 9.84 Å². The molecule has 0 saturated carbocycles. The molecule has 0 radical (unpaired) electrons. The van der Waals surface area contributed by atoms with Gasteiger partial charge in [-0.1, -0.05) is 36.4 Å². The molecule has 3 aromatic rings. The molecule has 0 bridgehead atoms. The highest BCUT2D eigenvalue weighted by Crippen LogP contribution is 2.23. The Hall–Kier alpha value is -3.87. The Morgan fingerprint density at radius 2 is 1.86 bits per heavy atom. The summed E-state index contributed by atoms with van der Waals surface area (Å²) in [5.74, 6) is 0.0536. The maximum Gasteiger partial charge on any atom is 0.407 e. The summed E-state index contributed by atoms with van der Waals surface area (Å²) in [5, 5.41) is 11.9. The summed E-state index contributed by atoms with van der Waals surface area (Å²) in [6.07, 6.45) is 2.12. The standard InChI is InChI=1S/C22H21N3O4/c1-25(22(27)28)14-17-9-10-20(29-15-16-6-3-2-4-7-16)19(12-17)21(26)24-18-8-5-11-23-13-18/h2-13H,14-15H2,1H3,(H,24,26)(H,27,28). The van der Waals surface area contributed by atoms with E-state index in [1.165, 1.54) is 7.05 Å². The van der Waals surface area contributed by atoms with Crippen LogP contribution in [0.1, 0.15) is 21.5 Å². The third kappa shape index (κ3) is 5.55. The van der Waals surface area contributed by atoms with Crippen LogP contribution in [0.4, 0.5) is 10.5 Å². The highest BCUT2D eigenvalue weighted by atomic mass is 16.5. The summed E-state index contributed by atoms with van der Waals surface area (Å²) in [6.45, 7) is 0.462. The lowest BCUT2D eigenvalue weighted by Gasteiger charge is -2.16. The van der Waals surface area contributed by atoms with E-state index in [0.717, 1.165) is 10.5 Å². The number of carbonyl (C=O) groups is 2. The number of hydrogen-bond donors (Lipinski definition) is 2. The van der Waals surface area contributed by atoms with E-state index in [0.29, 0.717) is 29.2 Å². The molecule has 2 N–H and O–H groups in total. The van der Waals surface area contributed by atoms with Gasteiger partial charge in [0.2, 0.25) is 0 Å². The molecule has 0 fully saturated rings. The largest absolute Gasteiger partial charge is 0.488 e. The maximum atomic E-state index is 12.9. The predicted octanol–water partition coefficient (Wildman–Crippen LogP) is 4.02. The molecule has 0 spiro atoms. The van der Waals surface area contributed by atoms with Gasteiger partial charge in [-0.05, 0) is 35.4 Å². The maximum absolute atomic E-state index is 12.9. The number of carbonyl (C=O) groups excluding carboxylic acids is 1. The molecule has 0 atom stereocenters. The summed E-state index contributed by atoms with van der Waals surface area (Å²) in [4.78, 5) is 29.1. The predicted molar refractivity (Wildman–Crippen MR) is 109 cm³/mol. The number of anilines is 1. The van der Waals surface area contributed by atoms with Crippen molar-refractivity contribution in [2.24, 2.45) is 0 Å². The number of pyridine rings is 1. The normalized spacial score (nSPS) is 10.2. The van der Waals surface area contributed by atoms with Gasteiger partial charge in [-0.2, -0.15) is 0 Å². The molecule has 1 heterocycles. The Balaban J connectivity index is 1.85. The monoisotopic (exact) mass is 391 g/mol. The van der Waals surface area contributed by atoms with Crippen LogP contribution >= 0.6 is 0 Å². The fourth-order valence-corrected chi connectivity index (χ4v) is 2.69. The number of carboxylic acid groups (broad SMARTS) is 1. The minimum absolute atomic E-state index is 0.154.